The molecule has 238 valence electrons. The standard InChI is InChI=1S/C23H35N8O10PS/c1-10(2)40-19(34)11(3)29-42(37,43-8-12-17(33)27-22(35)30(12)5)39-7-13-15(32)23(4,36)20(41-13)31-9-25-14-16(31)26-21(24)28-18(14)38-6/h9-11,13,15,20,32-33,36H,7-8H2,1-6H3,(H,27,35)(H,29,37)(H2,24,26,28)/t11-,13?,15+,20+,23+,42?/m0/s1. The number of nitrogens with one attached hydrogen (secondary N) is 2. The summed E-state index contributed by atoms with van der Waals surface area (Å²) in [5.74, 6) is -1.31. The molecule has 18 nitrogen and oxygen atoms in total. The highest BCUT2D eigenvalue weighted by atomic mass is 32.7. The molecule has 6 atom stereocenters. The fourth-order valence-corrected chi connectivity index (χ4v) is 8.11. The molecule has 2 unspecified atom stereocenters. The van der Waals surface area contributed by atoms with Crippen LogP contribution in [0.2, 0.25) is 0 Å². The van der Waals surface area contributed by atoms with E-state index in [0.717, 1.165) is 4.57 Å². The van der Waals surface area contributed by atoms with Gasteiger partial charge in [-0.15, -0.1) is 0 Å². The van der Waals surface area contributed by atoms with Crippen LogP contribution < -0.4 is 21.2 Å². The molecule has 1 aliphatic rings. The number of nitrogen functional groups attached to an aromatic ring is 1. The van der Waals surface area contributed by atoms with Crippen molar-refractivity contribution in [3.63, 3.8) is 0 Å². The number of anilines is 1. The van der Waals surface area contributed by atoms with Crippen molar-refractivity contribution in [3.05, 3.63) is 22.5 Å². The lowest BCUT2D eigenvalue weighted by atomic mass is 9.96. The minimum atomic E-state index is -4.05. The summed E-state index contributed by atoms with van der Waals surface area (Å²) in [5, 5.41) is 35.0. The van der Waals surface area contributed by atoms with E-state index in [4.69, 9.17) is 24.5 Å². The number of aromatic hydroxyl groups is 1. The molecule has 1 saturated heterocycles. The third kappa shape index (κ3) is 6.67. The van der Waals surface area contributed by atoms with Gasteiger partial charge in [-0.2, -0.15) is 9.97 Å². The van der Waals surface area contributed by atoms with Crippen molar-refractivity contribution in [1.29, 1.82) is 0 Å². The number of carbonyl (C=O) groups is 1. The second-order valence-electron chi connectivity index (χ2n) is 10.3. The Bertz CT molecular complexity index is 1590. The zero-order valence-corrected chi connectivity index (χ0v) is 26.0. The van der Waals surface area contributed by atoms with Gasteiger partial charge in [0.2, 0.25) is 17.7 Å². The number of ether oxygens (including phenoxy) is 3. The normalized spacial score (nSPS) is 24.3. The Labute approximate surface area is 249 Å². The summed E-state index contributed by atoms with van der Waals surface area (Å²) in [6.07, 6.45) is -3.14. The van der Waals surface area contributed by atoms with Crippen LogP contribution in [0.3, 0.4) is 0 Å². The first kappa shape index (κ1) is 32.7. The third-order valence-corrected chi connectivity index (χ3v) is 10.6. The Kier molecular flexibility index (Phi) is 9.46. The number of hydrogen-bond donors (Lipinski definition) is 6. The van der Waals surface area contributed by atoms with Gasteiger partial charge in [-0.3, -0.25) is 23.5 Å². The summed E-state index contributed by atoms with van der Waals surface area (Å²) in [5.41, 5.74) is 3.83. The number of rotatable bonds is 12. The number of hydrogen-bond acceptors (Lipinski definition) is 15. The summed E-state index contributed by atoms with van der Waals surface area (Å²) in [6.45, 7) is 1.52. The van der Waals surface area contributed by atoms with Crippen molar-refractivity contribution in [3.8, 4) is 11.8 Å². The number of aromatic nitrogens is 6. The van der Waals surface area contributed by atoms with Gasteiger partial charge in [-0.1, -0.05) is 0 Å². The van der Waals surface area contributed by atoms with Crippen molar-refractivity contribution in [2.24, 2.45) is 7.05 Å². The van der Waals surface area contributed by atoms with Gasteiger partial charge in [0.25, 0.3) is 0 Å². The molecule has 0 aromatic carbocycles. The molecule has 3 aromatic heterocycles. The highest BCUT2D eigenvalue weighted by Crippen LogP contribution is 2.58. The van der Waals surface area contributed by atoms with Crippen LogP contribution in [0.5, 0.6) is 11.8 Å². The number of aliphatic hydroxyl groups excluding tert-OH is 1. The maximum absolute atomic E-state index is 14.0. The van der Waals surface area contributed by atoms with Crippen LogP contribution in [0.4, 0.5) is 5.95 Å². The molecule has 20 heteroatoms. The predicted molar refractivity (Wildman–Crippen MR) is 153 cm³/mol. The van der Waals surface area contributed by atoms with Crippen molar-refractivity contribution in [1.82, 2.24) is 34.2 Å². The summed E-state index contributed by atoms with van der Waals surface area (Å²) in [4.78, 5) is 38.9. The number of fused-ring (bicyclic) bond motifs is 1. The Hall–Kier alpha value is -3.19. The molecule has 0 radical (unpaired) electrons. The first-order chi connectivity index (χ1) is 20.1. The van der Waals surface area contributed by atoms with Gasteiger partial charge in [-0.05, 0) is 39.1 Å². The summed E-state index contributed by atoms with van der Waals surface area (Å²) < 4.78 is 38.6. The molecule has 7 N–H and O–H groups in total. The number of H-pyrrole nitrogens is 1. The SMILES string of the molecule is COc1nc(N)nc2c1ncn2[C@@H]1OC(COP(=O)(N[C@@H](C)C(=O)OC(C)C)SCc2c(O)[nH]c(=O)n2C)[C@@H](O)[C@@]1(C)O. The molecule has 3 aromatic rings. The second kappa shape index (κ2) is 12.4. The quantitative estimate of drug-likeness (QED) is 0.113. The van der Waals surface area contributed by atoms with E-state index in [1.165, 1.54) is 38.9 Å². The summed E-state index contributed by atoms with van der Waals surface area (Å²) in [7, 11) is 2.79. The lowest BCUT2D eigenvalue weighted by Crippen LogP contribution is -2.44. The second-order valence-corrected chi connectivity index (χ2v) is 14.6. The van der Waals surface area contributed by atoms with E-state index in [1.54, 1.807) is 13.8 Å². The average molecular weight is 647 g/mol. The fourth-order valence-electron chi connectivity index (χ4n) is 4.36. The highest BCUT2D eigenvalue weighted by Gasteiger charge is 2.54. The van der Waals surface area contributed by atoms with Crippen LogP contribution >= 0.6 is 18.1 Å². The smallest absolute Gasteiger partial charge is 0.328 e. The van der Waals surface area contributed by atoms with Gasteiger partial charge in [0.1, 0.15) is 23.9 Å². The highest BCUT2D eigenvalue weighted by molar-refractivity contribution is 8.55. The lowest BCUT2D eigenvalue weighted by molar-refractivity contribution is -0.149. The third-order valence-electron chi connectivity index (χ3n) is 6.65. The van der Waals surface area contributed by atoms with Crippen LogP contribution in [0.25, 0.3) is 11.2 Å². The van der Waals surface area contributed by atoms with Crippen molar-refractivity contribution < 1.29 is 43.4 Å². The zero-order valence-electron chi connectivity index (χ0n) is 24.2. The van der Waals surface area contributed by atoms with Crippen molar-refractivity contribution in [2.75, 3.05) is 19.5 Å². The Morgan fingerprint density at radius 1 is 1.37 bits per heavy atom. The van der Waals surface area contributed by atoms with E-state index >= 15 is 0 Å². The number of carbonyl (C=O) groups excluding carboxylic acids is 1. The van der Waals surface area contributed by atoms with Gasteiger partial charge < -0.3 is 39.8 Å². The largest absolute Gasteiger partial charge is 0.493 e. The van der Waals surface area contributed by atoms with Gasteiger partial charge in [0.05, 0.1) is 31.8 Å². The van der Waals surface area contributed by atoms with Crippen LogP contribution in [0.15, 0.2) is 11.1 Å². The van der Waals surface area contributed by atoms with E-state index in [2.05, 4.69) is 25.0 Å². The number of nitrogens with zero attached hydrogens (tertiary/aromatic N) is 5. The molecular formula is C23H35N8O10PS. The van der Waals surface area contributed by atoms with Crippen LogP contribution in [0, 0.1) is 0 Å². The molecule has 43 heavy (non-hydrogen) atoms. The number of methoxy groups -OCH3 is 1. The van der Waals surface area contributed by atoms with E-state index < -0.39 is 67.1 Å². The van der Waals surface area contributed by atoms with Gasteiger partial charge in [0.15, 0.2) is 17.4 Å². The number of imidazole rings is 2. The van der Waals surface area contributed by atoms with Gasteiger partial charge in [0, 0.05) is 12.8 Å². The molecule has 0 aliphatic carbocycles. The predicted octanol–water partition coefficient (Wildman–Crippen LogP) is 0.147. The first-order valence-corrected chi connectivity index (χ1v) is 16.2. The molecule has 0 amide bonds. The fraction of sp³-hybridized carbons (Fsp3) is 0.609. The van der Waals surface area contributed by atoms with Gasteiger partial charge in [-0.25, -0.2) is 14.9 Å². The minimum absolute atomic E-state index is 0.0967. The molecule has 0 saturated carbocycles. The topological polar surface area (TPSA) is 251 Å². The van der Waals surface area contributed by atoms with Crippen LogP contribution in [0.1, 0.15) is 39.6 Å². The average Bonchev–Trinajstić information content (AvgIpc) is 3.52. The molecule has 0 spiro atoms. The molecule has 4 rings (SSSR count). The van der Waals surface area contributed by atoms with Crippen molar-refractivity contribution in [2.45, 2.75) is 69.6 Å². The first-order valence-electron chi connectivity index (χ1n) is 13.0. The van der Waals surface area contributed by atoms with Gasteiger partial charge >= 0.3 is 18.4 Å². The monoisotopic (exact) mass is 646 g/mol. The van der Waals surface area contributed by atoms with E-state index in [1.807, 2.05) is 0 Å². The zero-order chi connectivity index (χ0) is 31.9. The number of aromatic amines is 1. The molecule has 0 bridgehead atoms. The number of aliphatic hydroxyl groups is 2. The Balaban J connectivity index is 1.57. The van der Waals surface area contributed by atoms with E-state index in [-0.39, 0.29) is 34.4 Å². The molecule has 1 fully saturated rings. The lowest BCUT2D eigenvalue weighted by Gasteiger charge is -2.27. The molecular weight excluding hydrogens is 611 g/mol. The van der Waals surface area contributed by atoms with E-state index in [9.17, 15) is 29.5 Å². The van der Waals surface area contributed by atoms with Crippen LogP contribution in [-0.4, -0.2) is 94.0 Å². The number of esters is 1. The number of nitrogens with two attached hydrogens (primary N) is 1. The summed E-state index contributed by atoms with van der Waals surface area (Å²) in [6, 6.07) is -1.09. The maximum atomic E-state index is 14.0. The Morgan fingerprint density at radius 3 is 2.67 bits per heavy atom. The Morgan fingerprint density at radius 2 is 2.07 bits per heavy atom. The summed E-state index contributed by atoms with van der Waals surface area (Å²) >= 11 is 0.689. The van der Waals surface area contributed by atoms with Crippen LogP contribution in [-0.2, 0) is 36.2 Å². The minimum Gasteiger partial charge on any atom is -0.493 e. The van der Waals surface area contributed by atoms with Crippen molar-refractivity contribution >= 4 is 41.2 Å². The molecule has 1 aliphatic heterocycles. The van der Waals surface area contributed by atoms with E-state index in [0.29, 0.717) is 11.4 Å². The maximum Gasteiger partial charge on any atom is 0.328 e. The molecule has 4 heterocycles.